The van der Waals surface area contributed by atoms with Gasteiger partial charge in [0.15, 0.2) is 0 Å². The maximum absolute atomic E-state index is 13.6. The molecule has 0 aromatic heterocycles. The second-order valence-corrected chi connectivity index (χ2v) is 7.13. The minimum Gasteiger partial charge on any atom is -0.277 e. The molecule has 1 aliphatic carbocycles. The fraction of sp³-hybridized carbons (Fsp3) is 0.200. The number of hydrogen-bond donors (Lipinski definition) is 1. The van der Waals surface area contributed by atoms with Crippen molar-refractivity contribution in [2.45, 2.75) is 24.2 Å². The SMILES string of the molecule is O=S(=O)(Nc1cc(Cl)ccc1F)c1ccc2c(c1)CCC2. The molecule has 3 rings (SSSR count). The molecular formula is C15H13ClFNO2S. The minimum absolute atomic E-state index is 0.141. The Morgan fingerprint density at radius 1 is 1.05 bits per heavy atom. The van der Waals surface area contributed by atoms with Gasteiger partial charge in [0.25, 0.3) is 10.0 Å². The summed E-state index contributed by atoms with van der Waals surface area (Å²) in [6.45, 7) is 0. The van der Waals surface area contributed by atoms with Crippen LogP contribution < -0.4 is 4.72 Å². The van der Waals surface area contributed by atoms with Crippen molar-refractivity contribution in [2.24, 2.45) is 0 Å². The molecule has 0 aliphatic heterocycles. The molecule has 0 bridgehead atoms. The largest absolute Gasteiger partial charge is 0.277 e. The molecule has 2 aromatic rings. The maximum Gasteiger partial charge on any atom is 0.261 e. The molecule has 3 nitrogen and oxygen atoms in total. The van der Waals surface area contributed by atoms with E-state index in [2.05, 4.69) is 4.72 Å². The van der Waals surface area contributed by atoms with Crippen LogP contribution in [0, 0.1) is 5.82 Å². The number of sulfonamides is 1. The Kier molecular flexibility index (Phi) is 3.63. The van der Waals surface area contributed by atoms with Crippen molar-refractivity contribution in [1.82, 2.24) is 0 Å². The van der Waals surface area contributed by atoms with E-state index >= 15 is 0 Å². The molecule has 0 fully saturated rings. The lowest BCUT2D eigenvalue weighted by atomic mass is 10.1. The van der Waals surface area contributed by atoms with Crippen molar-refractivity contribution in [3.05, 3.63) is 58.4 Å². The lowest BCUT2D eigenvalue weighted by molar-refractivity contribution is 0.598. The van der Waals surface area contributed by atoms with Gasteiger partial charge in [-0.1, -0.05) is 17.7 Å². The van der Waals surface area contributed by atoms with Crippen LogP contribution in [0.2, 0.25) is 5.02 Å². The van der Waals surface area contributed by atoms with Crippen molar-refractivity contribution >= 4 is 27.3 Å². The summed E-state index contributed by atoms with van der Waals surface area (Å²) >= 11 is 5.77. The topological polar surface area (TPSA) is 46.2 Å². The van der Waals surface area contributed by atoms with Crippen LogP contribution in [0.5, 0.6) is 0 Å². The Balaban J connectivity index is 1.95. The third-order valence-electron chi connectivity index (χ3n) is 3.55. The van der Waals surface area contributed by atoms with E-state index in [0.29, 0.717) is 0 Å². The molecule has 0 spiro atoms. The third kappa shape index (κ3) is 2.89. The smallest absolute Gasteiger partial charge is 0.261 e. The zero-order valence-corrected chi connectivity index (χ0v) is 12.6. The summed E-state index contributed by atoms with van der Waals surface area (Å²) in [6, 6.07) is 8.78. The number of aryl methyl sites for hydroxylation is 2. The van der Waals surface area contributed by atoms with Crippen LogP contribution in [0.1, 0.15) is 17.5 Å². The second kappa shape index (κ2) is 5.31. The Labute approximate surface area is 127 Å². The summed E-state index contributed by atoms with van der Waals surface area (Å²) in [5.74, 6) is -0.663. The first-order chi connectivity index (χ1) is 9.95. The van der Waals surface area contributed by atoms with E-state index in [1.807, 2.05) is 6.07 Å². The van der Waals surface area contributed by atoms with E-state index in [4.69, 9.17) is 11.6 Å². The monoisotopic (exact) mass is 325 g/mol. The van der Waals surface area contributed by atoms with Gasteiger partial charge in [-0.05, 0) is 60.7 Å². The van der Waals surface area contributed by atoms with Gasteiger partial charge in [0.2, 0.25) is 0 Å². The molecule has 110 valence electrons. The molecular weight excluding hydrogens is 313 g/mol. The fourth-order valence-corrected chi connectivity index (χ4v) is 3.78. The summed E-state index contributed by atoms with van der Waals surface area (Å²) in [6.07, 6.45) is 2.89. The normalized spacial score (nSPS) is 14.0. The average Bonchev–Trinajstić information content (AvgIpc) is 2.90. The van der Waals surface area contributed by atoms with Crippen molar-refractivity contribution in [1.29, 1.82) is 0 Å². The van der Waals surface area contributed by atoms with Gasteiger partial charge in [-0.15, -0.1) is 0 Å². The molecule has 1 N–H and O–H groups in total. The molecule has 0 atom stereocenters. The summed E-state index contributed by atoms with van der Waals surface area (Å²) < 4.78 is 40.6. The summed E-state index contributed by atoms with van der Waals surface area (Å²) in [5.41, 5.74) is 2.08. The third-order valence-corrected chi connectivity index (χ3v) is 5.15. The lowest BCUT2D eigenvalue weighted by Gasteiger charge is -2.10. The van der Waals surface area contributed by atoms with E-state index in [1.54, 1.807) is 12.1 Å². The van der Waals surface area contributed by atoms with Crippen molar-refractivity contribution < 1.29 is 12.8 Å². The number of anilines is 1. The van der Waals surface area contributed by atoms with Gasteiger partial charge in [-0.2, -0.15) is 0 Å². The van der Waals surface area contributed by atoms with Crippen LogP contribution in [0.25, 0.3) is 0 Å². The van der Waals surface area contributed by atoms with Crippen molar-refractivity contribution in [3.63, 3.8) is 0 Å². The van der Waals surface area contributed by atoms with Crippen LogP contribution in [-0.2, 0) is 22.9 Å². The van der Waals surface area contributed by atoms with E-state index in [9.17, 15) is 12.8 Å². The van der Waals surface area contributed by atoms with Crippen LogP contribution in [0.4, 0.5) is 10.1 Å². The Morgan fingerprint density at radius 3 is 2.62 bits per heavy atom. The highest BCUT2D eigenvalue weighted by molar-refractivity contribution is 7.92. The van der Waals surface area contributed by atoms with Gasteiger partial charge >= 0.3 is 0 Å². The average molecular weight is 326 g/mol. The fourth-order valence-electron chi connectivity index (χ4n) is 2.49. The zero-order chi connectivity index (χ0) is 15.0. The molecule has 1 aliphatic rings. The molecule has 0 unspecified atom stereocenters. The van der Waals surface area contributed by atoms with E-state index in [1.165, 1.54) is 17.7 Å². The number of benzene rings is 2. The Morgan fingerprint density at radius 2 is 1.81 bits per heavy atom. The highest BCUT2D eigenvalue weighted by Gasteiger charge is 2.19. The molecule has 0 saturated heterocycles. The quantitative estimate of drug-likeness (QED) is 0.933. The summed E-state index contributed by atoms with van der Waals surface area (Å²) in [5, 5.41) is 0.267. The van der Waals surface area contributed by atoms with Gasteiger partial charge in [-0.25, -0.2) is 12.8 Å². The predicted molar refractivity (Wildman–Crippen MR) is 80.7 cm³/mol. The molecule has 0 saturated carbocycles. The zero-order valence-electron chi connectivity index (χ0n) is 11.1. The molecule has 21 heavy (non-hydrogen) atoms. The summed E-state index contributed by atoms with van der Waals surface area (Å²) in [7, 11) is -3.82. The number of nitrogens with one attached hydrogen (secondary N) is 1. The standard InChI is InChI=1S/C15H13ClFNO2S/c16-12-5-7-14(17)15(9-12)18-21(19,20)13-6-4-10-2-1-3-11(10)8-13/h4-9,18H,1-3H2. The van der Waals surface area contributed by atoms with Gasteiger partial charge in [0, 0.05) is 5.02 Å². The van der Waals surface area contributed by atoms with E-state index < -0.39 is 15.8 Å². The van der Waals surface area contributed by atoms with Crippen LogP contribution in [0.15, 0.2) is 41.3 Å². The number of hydrogen-bond acceptors (Lipinski definition) is 2. The highest BCUT2D eigenvalue weighted by Crippen LogP contribution is 2.27. The van der Waals surface area contributed by atoms with Gasteiger partial charge in [0.05, 0.1) is 10.6 Å². The maximum atomic E-state index is 13.6. The number of fused-ring (bicyclic) bond motifs is 1. The van der Waals surface area contributed by atoms with Crippen LogP contribution >= 0.6 is 11.6 Å². The molecule has 2 aromatic carbocycles. The lowest BCUT2D eigenvalue weighted by Crippen LogP contribution is -2.14. The Hall–Kier alpha value is -1.59. The first kappa shape index (κ1) is 14.4. The first-order valence-corrected chi connectivity index (χ1v) is 8.41. The highest BCUT2D eigenvalue weighted by atomic mass is 35.5. The predicted octanol–water partition coefficient (Wildman–Crippen LogP) is 3.77. The molecule has 0 radical (unpaired) electrons. The van der Waals surface area contributed by atoms with Crippen LogP contribution in [-0.4, -0.2) is 8.42 Å². The van der Waals surface area contributed by atoms with Crippen LogP contribution in [0.3, 0.4) is 0 Å². The number of rotatable bonds is 3. The minimum atomic E-state index is -3.82. The first-order valence-electron chi connectivity index (χ1n) is 6.55. The van der Waals surface area contributed by atoms with Gasteiger partial charge < -0.3 is 0 Å². The summed E-state index contributed by atoms with van der Waals surface area (Å²) in [4.78, 5) is 0.141. The number of halogens is 2. The molecule has 6 heteroatoms. The van der Waals surface area contributed by atoms with Gasteiger partial charge in [-0.3, -0.25) is 4.72 Å². The Bertz CT molecular complexity index is 805. The van der Waals surface area contributed by atoms with Crippen molar-refractivity contribution in [3.8, 4) is 0 Å². The van der Waals surface area contributed by atoms with E-state index in [-0.39, 0.29) is 15.6 Å². The van der Waals surface area contributed by atoms with E-state index in [0.717, 1.165) is 30.9 Å². The van der Waals surface area contributed by atoms with Crippen molar-refractivity contribution in [2.75, 3.05) is 4.72 Å². The molecule has 0 heterocycles. The second-order valence-electron chi connectivity index (χ2n) is 5.01. The molecule has 0 amide bonds. The van der Waals surface area contributed by atoms with Gasteiger partial charge in [0.1, 0.15) is 5.82 Å².